The Balaban J connectivity index is 2.77. The number of halogens is 3. The number of pyridine rings is 1. The maximum atomic E-state index is 13.1. The average molecular weight is 275 g/mol. The van der Waals surface area contributed by atoms with Gasteiger partial charge in [-0.15, -0.1) is 0 Å². The van der Waals surface area contributed by atoms with E-state index in [1.165, 1.54) is 13.8 Å². The highest BCUT2D eigenvalue weighted by atomic mass is 19.4. The number of hydrogen-bond donors (Lipinski definition) is 1. The Kier molecular flexibility index (Phi) is 2.76. The van der Waals surface area contributed by atoms with E-state index in [-0.39, 0.29) is 29.7 Å². The molecule has 1 aliphatic carbocycles. The number of rotatable bonds is 2. The number of carboxylic acid groups (broad SMARTS) is 1. The normalized spacial score (nSPS) is 17.3. The van der Waals surface area contributed by atoms with Crippen molar-refractivity contribution >= 4 is 5.97 Å². The summed E-state index contributed by atoms with van der Waals surface area (Å²) in [7, 11) is 0. The number of aromatic nitrogens is 1. The highest BCUT2D eigenvalue weighted by Crippen LogP contribution is 2.55. The molecule has 104 valence electrons. The summed E-state index contributed by atoms with van der Waals surface area (Å²) < 4.78 is 39.8. The second-order valence-electron chi connectivity index (χ2n) is 4.80. The summed E-state index contributed by atoms with van der Waals surface area (Å²) in [6.07, 6.45) is -4.95. The van der Waals surface area contributed by atoms with Gasteiger partial charge in [0.05, 0.1) is 5.56 Å². The molecule has 0 amide bonds. The van der Waals surface area contributed by atoms with Crippen molar-refractivity contribution in [2.24, 2.45) is 0 Å². The maximum Gasteiger partial charge on any atom is 0.412 e. The molecular weight excluding hydrogens is 263 g/mol. The number of alkyl halides is 3. The molecule has 0 saturated heterocycles. The summed E-state index contributed by atoms with van der Waals surface area (Å²) in [5.41, 5.74) is -3.26. The first-order chi connectivity index (χ1) is 8.62. The smallest absolute Gasteiger partial charge is 0.412 e. The van der Waals surface area contributed by atoms with Gasteiger partial charge in [0.15, 0.2) is 0 Å². The first-order valence-corrected chi connectivity index (χ1v) is 5.65. The van der Waals surface area contributed by atoms with Crippen molar-refractivity contribution in [1.29, 1.82) is 0 Å². The third kappa shape index (κ3) is 1.84. The van der Waals surface area contributed by atoms with Gasteiger partial charge in [-0.2, -0.15) is 13.2 Å². The van der Waals surface area contributed by atoms with Crippen LogP contribution >= 0.6 is 0 Å². The number of carboxylic acids is 1. The van der Waals surface area contributed by atoms with Gasteiger partial charge >= 0.3 is 12.1 Å². The van der Waals surface area contributed by atoms with Crippen LogP contribution in [0.5, 0.6) is 0 Å². The molecule has 0 spiro atoms. The van der Waals surface area contributed by atoms with Gasteiger partial charge in [-0.1, -0.05) is 0 Å². The lowest BCUT2D eigenvalue weighted by molar-refractivity contribution is -0.181. The predicted octanol–water partition coefficient (Wildman–Crippen LogP) is 2.21. The van der Waals surface area contributed by atoms with Gasteiger partial charge in [0, 0.05) is 11.8 Å². The summed E-state index contributed by atoms with van der Waals surface area (Å²) in [5, 5.41) is 9.05. The standard InChI is InChI=1S/C12H12F3NO3/c1-6-5-8(17)16(7(2)9(6)10(18)19)11(3-4-11)12(13,14)15/h5H,3-4H2,1-2H3,(H,18,19). The van der Waals surface area contributed by atoms with Crippen molar-refractivity contribution in [2.75, 3.05) is 0 Å². The van der Waals surface area contributed by atoms with Crippen LogP contribution < -0.4 is 5.56 Å². The molecule has 2 rings (SSSR count). The minimum atomic E-state index is -4.56. The van der Waals surface area contributed by atoms with E-state index in [0.717, 1.165) is 6.07 Å². The molecule has 0 aromatic carbocycles. The molecule has 0 radical (unpaired) electrons. The molecular formula is C12H12F3NO3. The number of hydrogen-bond acceptors (Lipinski definition) is 2. The summed E-state index contributed by atoms with van der Waals surface area (Å²) >= 11 is 0. The summed E-state index contributed by atoms with van der Waals surface area (Å²) in [6.45, 7) is 2.64. The van der Waals surface area contributed by atoms with E-state index in [9.17, 15) is 22.8 Å². The molecule has 0 unspecified atom stereocenters. The van der Waals surface area contributed by atoms with Gasteiger partial charge in [0.1, 0.15) is 5.54 Å². The Labute approximate surface area is 106 Å². The molecule has 0 aliphatic heterocycles. The molecule has 1 N–H and O–H groups in total. The van der Waals surface area contributed by atoms with Crippen LogP contribution in [0.25, 0.3) is 0 Å². The van der Waals surface area contributed by atoms with Crippen LogP contribution in [-0.4, -0.2) is 21.8 Å². The van der Waals surface area contributed by atoms with Crippen molar-refractivity contribution in [3.8, 4) is 0 Å². The van der Waals surface area contributed by atoms with Crippen molar-refractivity contribution in [2.45, 2.75) is 38.4 Å². The van der Waals surface area contributed by atoms with E-state index in [2.05, 4.69) is 0 Å². The Morgan fingerprint density at radius 3 is 2.26 bits per heavy atom. The third-order valence-corrected chi connectivity index (χ3v) is 3.55. The number of aromatic carboxylic acids is 1. The fourth-order valence-corrected chi connectivity index (χ4v) is 2.49. The molecule has 4 nitrogen and oxygen atoms in total. The van der Waals surface area contributed by atoms with E-state index in [0.29, 0.717) is 4.57 Å². The van der Waals surface area contributed by atoms with Crippen LogP contribution in [0.4, 0.5) is 13.2 Å². The highest BCUT2D eigenvalue weighted by molar-refractivity contribution is 5.90. The quantitative estimate of drug-likeness (QED) is 0.900. The second kappa shape index (κ2) is 3.85. The minimum absolute atomic E-state index is 0.146. The van der Waals surface area contributed by atoms with Crippen molar-refractivity contribution in [3.05, 3.63) is 33.2 Å². The summed E-state index contributed by atoms with van der Waals surface area (Å²) in [4.78, 5) is 22.9. The molecule has 1 aliphatic rings. The number of nitrogens with zero attached hydrogens (tertiary/aromatic N) is 1. The lowest BCUT2D eigenvalue weighted by atomic mass is 10.1. The summed E-state index contributed by atoms with van der Waals surface area (Å²) in [6, 6.07) is 0.947. The molecule has 1 saturated carbocycles. The molecule has 1 heterocycles. The molecule has 19 heavy (non-hydrogen) atoms. The van der Waals surface area contributed by atoms with Gasteiger partial charge in [-0.3, -0.25) is 9.36 Å². The van der Waals surface area contributed by atoms with E-state index in [4.69, 9.17) is 5.11 Å². The van der Waals surface area contributed by atoms with Gasteiger partial charge < -0.3 is 5.11 Å². The topological polar surface area (TPSA) is 59.3 Å². The zero-order valence-corrected chi connectivity index (χ0v) is 10.3. The number of carbonyl (C=O) groups is 1. The Morgan fingerprint density at radius 1 is 1.37 bits per heavy atom. The van der Waals surface area contributed by atoms with Crippen LogP contribution in [0.2, 0.25) is 0 Å². The van der Waals surface area contributed by atoms with Gasteiger partial charge in [-0.25, -0.2) is 4.79 Å². The van der Waals surface area contributed by atoms with Gasteiger partial charge in [-0.05, 0) is 32.3 Å². The van der Waals surface area contributed by atoms with Crippen LogP contribution in [-0.2, 0) is 5.54 Å². The largest absolute Gasteiger partial charge is 0.478 e. The lowest BCUT2D eigenvalue weighted by Gasteiger charge is -2.25. The minimum Gasteiger partial charge on any atom is -0.478 e. The SMILES string of the molecule is Cc1cc(=O)n(C2(C(F)(F)F)CC2)c(C)c1C(=O)O. The average Bonchev–Trinajstić information content (AvgIpc) is 2.95. The van der Waals surface area contributed by atoms with Crippen LogP contribution in [0.15, 0.2) is 10.9 Å². The van der Waals surface area contributed by atoms with Crippen molar-refractivity contribution < 1.29 is 23.1 Å². The van der Waals surface area contributed by atoms with Crippen molar-refractivity contribution in [3.63, 3.8) is 0 Å². The van der Waals surface area contributed by atoms with Gasteiger partial charge in [0.2, 0.25) is 0 Å². The predicted molar refractivity (Wildman–Crippen MR) is 60.4 cm³/mol. The molecule has 0 bridgehead atoms. The Hall–Kier alpha value is -1.79. The first kappa shape index (κ1) is 13.6. The second-order valence-corrected chi connectivity index (χ2v) is 4.80. The molecule has 1 fully saturated rings. The lowest BCUT2D eigenvalue weighted by Crippen LogP contribution is -2.43. The molecule has 0 atom stereocenters. The Bertz CT molecular complexity index is 612. The zero-order chi connectivity index (χ0) is 14.6. The van der Waals surface area contributed by atoms with E-state index >= 15 is 0 Å². The maximum absolute atomic E-state index is 13.1. The first-order valence-electron chi connectivity index (χ1n) is 5.65. The zero-order valence-electron chi connectivity index (χ0n) is 10.3. The van der Waals surface area contributed by atoms with E-state index in [1.54, 1.807) is 0 Å². The third-order valence-electron chi connectivity index (χ3n) is 3.55. The monoisotopic (exact) mass is 275 g/mol. The van der Waals surface area contributed by atoms with Crippen LogP contribution in [0, 0.1) is 13.8 Å². The van der Waals surface area contributed by atoms with Crippen molar-refractivity contribution in [1.82, 2.24) is 4.57 Å². The van der Waals surface area contributed by atoms with E-state index < -0.39 is 23.2 Å². The highest BCUT2D eigenvalue weighted by Gasteiger charge is 2.65. The number of aryl methyl sites for hydroxylation is 1. The van der Waals surface area contributed by atoms with E-state index in [1.807, 2.05) is 0 Å². The molecule has 7 heteroatoms. The van der Waals surface area contributed by atoms with Gasteiger partial charge in [0.25, 0.3) is 5.56 Å². The van der Waals surface area contributed by atoms with Crippen LogP contribution in [0.1, 0.15) is 34.5 Å². The van der Waals surface area contributed by atoms with Crippen LogP contribution in [0.3, 0.4) is 0 Å². The fourth-order valence-electron chi connectivity index (χ4n) is 2.49. The fraction of sp³-hybridized carbons (Fsp3) is 0.500. The Morgan fingerprint density at radius 2 is 1.89 bits per heavy atom. The molecule has 1 aromatic heterocycles. The molecule has 1 aromatic rings. The summed E-state index contributed by atoms with van der Waals surface area (Å²) in [5.74, 6) is -1.33.